The quantitative estimate of drug-likeness (QED) is 0.767. The van der Waals surface area contributed by atoms with E-state index in [9.17, 15) is 14.3 Å². The van der Waals surface area contributed by atoms with Crippen molar-refractivity contribution in [3.8, 4) is 0 Å². The summed E-state index contributed by atoms with van der Waals surface area (Å²) in [5.74, 6) is -1.15. The van der Waals surface area contributed by atoms with Crippen molar-refractivity contribution in [2.24, 2.45) is 0 Å². The molecular weight excluding hydrogens is 288 g/mol. The Morgan fingerprint density at radius 1 is 1.14 bits per heavy atom. The summed E-state index contributed by atoms with van der Waals surface area (Å²) in [6.45, 7) is 8.85. The molecule has 118 valence electrons. The number of anilines is 1. The molecule has 2 heterocycles. The Labute approximate surface area is 128 Å². The highest BCUT2D eigenvalue weighted by Crippen LogP contribution is 2.39. The first-order chi connectivity index (χ1) is 9.96. The number of amides is 1. The second-order valence-corrected chi connectivity index (χ2v) is 7.03. The van der Waals surface area contributed by atoms with E-state index in [1.165, 1.54) is 13.0 Å². The number of fused-ring (bicyclic) bond motifs is 1. The number of rotatable bonds is 1. The summed E-state index contributed by atoms with van der Waals surface area (Å²) in [4.78, 5) is 11.8. The van der Waals surface area contributed by atoms with Gasteiger partial charge in [-0.15, -0.1) is 0 Å². The predicted molar refractivity (Wildman–Crippen MR) is 80.3 cm³/mol. The van der Waals surface area contributed by atoms with E-state index < -0.39 is 35.6 Å². The van der Waals surface area contributed by atoms with E-state index in [1.54, 1.807) is 0 Å². The molecule has 1 atom stereocenters. The molecule has 0 bridgehead atoms. The number of hydrogen-bond acceptors (Lipinski definition) is 4. The van der Waals surface area contributed by atoms with Crippen LogP contribution in [-0.2, 0) is 19.7 Å². The van der Waals surface area contributed by atoms with Gasteiger partial charge in [-0.05, 0) is 46.8 Å². The van der Waals surface area contributed by atoms with Crippen molar-refractivity contribution in [2.75, 3.05) is 5.32 Å². The summed E-state index contributed by atoms with van der Waals surface area (Å²) < 4.78 is 26.1. The molecular formula is C15H19BFNO4. The number of nitrogens with one attached hydrogen (secondary N) is 1. The van der Waals surface area contributed by atoms with Crippen LogP contribution in [0.25, 0.3) is 0 Å². The van der Waals surface area contributed by atoms with Gasteiger partial charge < -0.3 is 19.7 Å². The fourth-order valence-electron chi connectivity index (χ4n) is 2.61. The molecule has 0 aromatic heterocycles. The van der Waals surface area contributed by atoms with E-state index in [-0.39, 0.29) is 11.0 Å². The third kappa shape index (κ3) is 2.00. The lowest BCUT2D eigenvalue weighted by Gasteiger charge is -2.32. The van der Waals surface area contributed by atoms with Crippen LogP contribution in [0.4, 0.5) is 10.1 Å². The summed E-state index contributed by atoms with van der Waals surface area (Å²) in [6.07, 6.45) is 0. The number of carbonyl (C=O) groups excluding carboxylic acids is 1. The summed E-state index contributed by atoms with van der Waals surface area (Å²) in [5, 5.41) is 12.7. The molecule has 1 amide bonds. The van der Waals surface area contributed by atoms with Gasteiger partial charge in [0.2, 0.25) is 0 Å². The molecule has 7 heteroatoms. The van der Waals surface area contributed by atoms with Gasteiger partial charge in [0.05, 0.1) is 11.2 Å². The zero-order valence-electron chi connectivity index (χ0n) is 13.3. The van der Waals surface area contributed by atoms with Crippen LogP contribution in [0, 0.1) is 5.82 Å². The van der Waals surface area contributed by atoms with Crippen LogP contribution in [0.2, 0.25) is 0 Å². The van der Waals surface area contributed by atoms with Crippen molar-refractivity contribution in [1.29, 1.82) is 0 Å². The Balaban J connectivity index is 2.02. The molecule has 3 rings (SSSR count). The molecule has 2 aliphatic rings. The van der Waals surface area contributed by atoms with Crippen molar-refractivity contribution in [1.82, 2.24) is 0 Å². The maximum Gasteiger partial charge on any atom is 0.497 e. The van der Waals surface area contributed by atoms with Crippen molar-refractivity contribution >= 4 is 24.2 Å². The highest BCUT2D eigenvalue weighted by Gasteiger charge is 2.53. The number of aliphatic hydroxyl groups is 1. The fourth-order valence-corrected chi connectivity index (χ4v) is 2.61. The standard InChI is InChI=1S/C15H19BFNO4/c1-13(2)14(3,4)22-16(21-13)9-7-11-8(6-10(9)17)15(5,20)12(19)18-11/h6-7,20H,1-5H3,(H,18,19). The largest absolute Gasteiger partial charge is 0.497 e. The molecule has 1 aromatic carbocycles. The van der Waals surface area contributed by atoms with Gasteiger partial charge in [0, 0.05) is 16.7 Å². The Kier molecular flexibility index (Phi) is 3.03. The van der Waals surface area contributed by atoms with Gasteiger partial charge >= 0.3 is 7.12 Å². The smallest absolute Gasteiger partial charge is 0.399 e. The second-order valence-electron chi connectivity index (χ2n) is 7.03. The van der Waals surface area contributed by atoms with E-state index in [0.29, 0.717) is 5.69 Å². The van der Waals surface area contributed by atoms with Crippen LogP contribution in [-0.4, -0.2) is 29.3 Å². The van der Waals surface area contributed by atoms with E-state index in [0.717, 1.165) is 6.07 Å². The first-order valence-corrected chi connectivity index (χ1v) is 7.19. The number of halogens is 1. The summed E-state index contributed by atoms with van der Waals surface area (Å²) >= 11 is 0. The topological polar surface area (TPSA) is 67.8 Å². The van der Waals surface area contributed by atoms with Gasteiger partial charge in [-0.3, -0.25) is 4.79 Å². The minimum absolute atomic E-state index is 0.204. The van der Waals surface area contributed by atoms with Gasteiger partial charge in [0.25, 0.3) is 5.91 Å². The molecule has 0 aliphatic carbocycles. The fraction of sp³-hybridized carbons (Fsp3) is 0.533. The van der Waals surface area contributed by atoms with Gasteiger partial charge in [0.1, 0.15) is 5.82 Å². The normalized spacial score (nSPS) is 28.7. The van der Waals surface area contributed by atoms with Crippen LogP contribution in [0.1, 0.15) is 40.2 Å². The van der Waals surface area contributed by atoms with Crippen molar-refractivity contribution in [3.63, 3.8) is 0 Å². The van der Waals surface area contributed by atoms with Gasteiger partial charge in [0.15, 0.2) is 5.60 Å². The third-order valence-electron chi connectivity index (χ3n) is 4.86. The Morgan fingerprint density at radius 3 is 2.23 bits per heavy atom. The molecule has 0 saturated carbocycles. The van der Waals surface area contributed by atoms with Crippen LogP contribution in [0.3, 0.4) is 0 Å². The lowest BCUT2D eigenvalue weighted by atomic mass is 9.77. The zero-order chi connectivity index (χ0) is 16.5. The minimum Gasteiger partial charge on any atom is -0.399 e. The zero-order valence-corrected chi connectivity index (χ0v) is 13.3. The Morgan fingerprint density at radius 2 is 1.68 bits per heavy atom. The maximum atomic E-state index is 14.5. The highest BCUT2D eigenvalue weighted by atomic mass is 19.1. The lowest BCUT2D eigenvalue weighted by molar-refractivity contribution is -0.131. The minimum atomic E-state index is -1.73. The highest BCUT2D eigenvalue weighted by molar-refractivity contribution is 6.62. The first-order valence-electron chi connectivity index (χ1n) is 7.19. The predicted octanol–water partition coefficient (Wildman–Crippen LogP) is 1.28. The third-order valence-corrected chi connectivity index (χ3v) is 4.86. The monoisotopic (exact) mass is 307 g/mol. The summed E-state index contributed by atoms with van der Waals surface area (Å²) in [7, 11) is -0.863. The summed E-state index contributed by atoms with van der Waals surface area (Å²) in [5.41, 5.74) is -2.10. The molecule has 2 N–H and O–H groups in total. The van der Waals surface area contributed by atoms with E-state index in [2.05, 4.69) is 5.32 Å². The van der Waals surface area contributed by atoms with E-state index in [4.69, 9.17) is 9.31 Å². The van der Waals surface area contributed by atoms with Crippen molar-refractivity contribution in [2.45, 2.75) is 51.4 Å². The SMILES string of the molecule is CC1(O)C(=O)Nc2cc(B3OC(C)(C)C(C)(C)O3)c(F)cc21. The lowest BCUT2D eigenvalue weighted by Crippen LogP contribution is -2.41. The molecule has 2 aliphatic heterocycles. The second kappa shape index (κ2) is 4.31. The Bertz CT molecular complexity index is 656. The van der Waals surface area contributed by atoms with Crippen LogP contribution in [0.5, 0.6) is 0 Å². The molecule has 5 nitrogen and oxygen atoms in total. The molecule has 0 spiro atoms. The molecule has 1 saturated heterocycles. The molecule has 22 heavy (non-hydrogen) atoms. The molecule has 1 fully saturated rings. The van der Waals surface area contributed by atoms with Crippen LogP contribution < -0.4 is 10.8 Å². The van der Waals surface area contributed by atoms with Gasteiger partial charge in [-0.25, -0.2) is 4.39 Å². The number of benzene rings is 1. The van der Waals surface area contributed by atoms with E-state index in [1.807, 2.05) is 27.7 Å². The van der Waals surface area contributed by atoms with Crippen LogP contribution >= 0.6 is 0 Å². The molecule has 1 unspecified atom stereocenters. The first kappa shape index (κ1) is 15.5. The van der Waals surface area contributed by atoms with Crippen LogP contribution in [0.15, 0.2) is 12.1 Å². The van der Waals surface area contributed by atoms with Crippen molar-refractivity contribution in [3.05, 3.63) is 23.5 Å². The Hall–Kier alpha value is -1.44. The van der Waals surface area contributed by atoms with E-state index >= 15 is 0 Å². The average molecular weight is 307 g/mol. The number of carbonyl (C=O) groups is 1. The van der Waals surface area contributed by atoms with Gasteiger partial charge in [-0.1, -0.05) is 0 Å². The number of hydrogen-bond donors (Lipinski definition) is 2. The van der Waals surface area contributed by atoms with Crippen molar-refractivity contribution < 1.29 is 23.6 Å². The summed E-state index contributed by atoms with van der Waals surface area (Å²) in [6, 6.07) is 2.62. The molecule has 0 radical (unpaired) electrons. The molecule has 1 aromatic rings. The average Bonchev–Trinajstić information content (AvgIpc) is 2.71. The van der Waals surface area contributed by atoms with Gasteiger partial charge in [-0.2, -0.15) is 0 Å². The maximum absolute atomic E-state index is 14.5.